The maximum Gasteiger partial charge on any atom is 0.356 e. The van der Waals surface area contributed by atoms with Crippen LogP contribution in [0.4, 0.5) is 0 Å². The number of pyridine rings is 1. The van der Waals surface area contributed by atoms with Gasteiger partial charge in [-0.3, -0.25) is 0 Å². The van der Waals surface area contributed by atoms with Crippen molar-refractivity contribution < 1.29 is 19.4 Å². The zero-order chi connectivity index (χ0) is 13.3. The molecule has 2 rings (SSSR count). The van der Waals surface area contributed by atoms with Crippen LogP contribution >= 0.6 is 0 Å². The van der Waals surface area contributed by atoms with Crippen molar-refractivity contribution in [3.8, 4) is 11.5 Å². The fourth-order valence-corrected chi connectivity index (χ4v) is 1.77. The van der Waals surface area contributed by atoms with Crippen molar-refractivity contribution >= 4 is 16.9 Å². The first kappa shape index (κ1) is 12.2. The van der Waals surface area contributed by atoms with Crippen LogP contribution in [0.3, 0.4) is 0 Å². The zero-order valence-electron chi connectivity index (χ0n) is 10.4. The first-order valence-electron chi connectivity index (χ1n) is 5.33. The van der Waals surface area contributed by atoms with Gasteiger partial charge in [0.25, 0.3) is 0 Å². The van der Waals surface area contributed by atoms with Crippen molar-refractivity contribution in [2.75, 3.05) is 14.2 Å². The normalized spacial score (nSPS) is 10.4. The molecule has 1 N–H and O–H groups in total. The summed E-state index contributed by atoms with van der Waals surface area (Å²) in [5.41, 5.74) is 1.43. The summed E-state index contributed by atoms with van der Waals surface area (Å²) in [4.78, 5) is 15.5. The summed E-state index contributed by atoms with van der Waals surface area (Å²) < 4.78 is 9.76. The smallest absolute Gasteiger partial charge is 0.356 e. The van der Waals surface area contributed by atoms with Crippen LogP contribution in [0.25, 0.3) is 10.9 Å². The second-order valence-electron chi connectivity index (χ2n) is 3.86. The van der Waals surface area contributed by atoms with Gasteiger partial charge in [0.1, 0.15) is 11.5 Å². The Hall–Kier alpha value is -2.30. The largest absolute Gasteiger partial charge is 0.507 e. The summed E-state index contributed by atoms with van der Waals surface area (Å²) in [6, 6.07) is 4.73. The first-order chi connectivity index (χ1) is 8.56. The quantitative estimate of drug-likeness (QED) is 0.822. The van der Waals surface area contributed by atoms with Crippen LogP contribution in [0.5, 0.6) is 11.5 Å². The molecule has 0 saturated heterocycles. The standard InChI is InChI=1S/C13H13NO4/c1-7-4-8-9(6-12(7)17-2)14-10(5-11(8)15)13(16)18-3/h4-6H,1-3H3,(H,14,15). The molecule has 0 fully saturated rings. The minimum atomic E-state index is -0.591. The summed E-state index contributed by atoms with van der Waals surface area (Å²) in [6.07, 6.45) is 0. The van der Waals surface area contributed by atoms with Gasteiger partial charge < -0.3 is 14.6 Å². The predicted octanol–water partition coefficient (Wildman–Crippen LogP) is 2.04. The van der Waals surface area contributed by atoms with Gasteiger partial charge in [0.2, 0.25) is 0 Å². The van der Waals surface area contributed by atoms with E-state index in [1.165, 1.54) is 13.2 Å². The maximum absolute atomic E-state index is 11.4. The molecular weight excluding hydrogens is 234 g/mol. The Labute approximate surface area is 104 Å². The van der Waals surface area contributed by atoms with Gasteiger partial charge in [0, 0.05) is 17.5 Å². The number of benzene rings is 1. The van der Waals surface area contributed by atoms with Gasteiger partial charge in [-0.15, -0.1) is 0 Å². The molecule has 5 heteroatoms. The molecule has 0 amide bonds. The average Bonchev–Trinajstić information content (AvgIpc) is 2.37. The number of aromatic hydroxyl groups is 1. The molecule has 0 atom stereocenters. The van der Waals surface area contributed by atoms with Crippen molar-refractivity contribution in [2.24, 2.45) is 0 Å². The van der Waals surface area contributed by atoms with E-state index >= 15 is 0 Å². The number of methoxy groups -OCH3 is 2. The Balaban J connectivity index is 2.71. The van der Waals surface area contributed by atoms with E-state index in [1.807, 2.05) is 6.92 Å². The number of hydrogen-bond acceptors (Lipinski definition) is 5. The molecule has 0 unspecified atom stereocenters. The summed E-state index contributed by atoms with van der Waals surface area (Å²) in [5.74, 6) is 0.0503. The Morgan fingerprint density at radius 3 is 2.61 bits per heavy atom. The number of ether oxygens (including phenoxy) is 2. The van der Waals surface area contributed by atoms with E-state index < -0.39 is 5.97 Å². The first-order valence-corrected chi connectivity index (χ1v) is 5.33. The Morgan fingerprint density at radius 2 is 2.00 bits per heavy atom. The van der Waals surface area contributed by atoms with Crippen LogP contribution < -0.4 is 4.74 Å². The lowest BCUT2D eigenvalue weighted by molar-refractivity contribution is 0.0594. The molecule has 1 aromatic heterocycles. The minimum absolute atomic E-state index is 0.00819. The third-order valence-electron chi connectivity index (χ3n) is 2.70. The zero-order valence-corrected chi connectivity index (χ0v) is 10.4. The van der Waals surface area contributed by atoms with E-state index in [0.29, 0.717) is 16.7 Å². The van der Waals surface area contributed by atoms with Gasteiger partial charge in [-0.2, -0.15) is 0 Å². The average molecular weight is 247 g/mol. The van der Waals surface area contributed by atoms with E-state index in [4.69, 9.17) is 4.74 Å². The molecule has 5 nitrogen and oxygen atoms in total. The summed E-state index contributed by atoms with van der Waals surface area (Å²) in [6.45, 7) is 1.87. The van der Waals surface area contributed by atoms with E-state index in [1.54, 1.807) is 19.2 Å². The Kier molecular flexibility index (Phi) is 3.06. The van der Waals surface area contributed by atoms with Crippen LogP contribution in [0, 0.1) is 6.92 Å². The van der Waals surface area contributed by atoms with Gasteiger partial charge in [0.15, 0.2) is 5.69 Å². The fourth-order valence-electron chi connectivity index (χ4n) is 1.77. The van der Waals surface area contributed by atoms with Gasteiger partial charge in [-0.1, -0.05) is 0 Å². The molecule has 0 radical (unpaired) electrons. The lowest BCUT2D eigenvalue weighted by Gasteiger charge is -2.08. The monoisotopic (exact) mass is 247 g/mol. The van der Waals surface area contributed by atoms with Crippen molar-refractivity contribution in [1.29, 1.82) is 0 Å². The summed E-state index contributed by atoms with van der Waals surface area (Å²) in [7, 11) is 2.82. The van der Waals surface area contributed by atoms with E-state index in [0.717, 1.165) is 5.56 Å². The number of nitrogens with zero attached hydrogens (tertiary/aromatic N) is 1. The van der Waals surface area contributed by atoms with E-state index in [-0.39, 0.29) is 11.4 Å². The highest BCUT2D eigenvalue weighted by molar-refractivity contribution is 5.94. The number of esters is 1. The van der Waals surface area contributed by atoms with Crippen LogP contribution in [0.2, 0.25) is 0 Å². The SMILES string of the molecule is COC(=O)c1cc(O)c2cc(C)c(OC)cc2n1. The number of rotatable bonds is 2. The van der Waals surface area contributed by atoms with Crippen LogP contribution in [0.1, 0.15) is 16.1 Å². The number of hydrogen-bond donors (Lipinski definition) is 1. The van der Waals surface area contributed by atoms with Crippen molar-refractivity contribution in [3.05, 3.63) is 29.5 Å². The van der Waals surface area contributed by atoms with E-state index in [2.05, 4.69) is 9.72 Å². The van der Waals surface area contributed by atoms with Gasteiger partial charge in [0.05, 0.1) is 19.7 Å². The number of carbonyl (C=O) groups excluding carboxylic acids is 1. The van der Waals surface area contributed by atoms with Crippen LogP contribution in [-0.4, -0.2) is 30.3 Å². The van der Waals surface area contributed by atoms with Crippen LogP contribution in [0.15, 0.2) is 18.2 Å². The number of carbonyl (C=O) groups is 1. The molecule has 1 heterocycles. The van der Waals surface area contributed by atoms with Crippen LogP contribution in [-0.2, 0) is 4.74 Å². The predicted molar refractivity (Wildman–Crippen MR) is 66.0 cm³/mol. The van der Waals surface area contributed by atoms with Gasteiger partial charge in [-0.05, 0) is 18.6 Å². The minimum Gasteiger partial charge on any atom is -0.507 e. The molecule has 0 saturated carbocycles. The summed E-state index contributed by atoms with van der Waals surface area (Å²) in [5, 5.41) is 10.5. The number of aryl methyl sites for hydroxylation is 1. The van der Waals surface area contributed by atoms with Crippen molar-refractivity contribution in [3.63, 3.8) is 0 Å². The molecule has 94 valence electrons. The van der Waals surface area contributed by atoms with E-state index in [9.17, 15) is 9.90 Å². The highest BCUT2D eigenvalue weighted by Gasteiger charge is 2.13. The third-order valence-corrected chi connectivity index (χ3v) is 2.70. The lowest BCUT2D eigenvalue weighted by Crippen LogP contribution is -2.04. The van der Waals surface area contributed by atoms with Crippen molar-refractivity contribution in [1.82, 2.24) is 4.98 Å². The molecule has 18 heavy (non-hydrogen) atoms. The molecule has 0 aliphatic carbocycles. The lowest BCUT2D eigenvalue weighted by atomic mass is 10.1. The second-order valence-corrected chi connectivity index (χ2v) is 3.86. The number of fused-ring (bicyclic) bond motifs is 1. The summed E-state index contributed by atoms with van der Waals surface area (Å²) >= 11 is 0. The maximum atomic E-state index is 11.4. The van der Waals surface area contributed by atoms with Crippen molar-refractivity contribution in [2.45, 2.75) is 6.92 Å². The second kappa shape index (κ2) is 4.52. The molecule has 0 bridgehead atoms. The molecule has 2 aromatic rings. The fraction of sp³-hybridized carbons (Fsp3) is 0.231. The molecule has 0 spiro atoms. The Morgan fingerprint density at radius 1 is 1.28 bits per heavy atom. The highest BCUT2D eigenvalue weighted by Crippen LogP contribution is 2.30. The Bertz CT molecular complexity index is 622. The molecule has 1 aromatic carbocycles. The molecule has 0 aliphatic heterocycles. The highest BCUT2D eigenvalue weighted by atomic mass is 16.5. The molecule has 0 aliphatic rings. The van der Waals surface area contributed by atoms with Gasteiger partial charge in [-0.25, -0.2) is 9.78 Å². The third kappa shape index (κ3) is 1.95. The number of aromatic nitrogens is 1. The van der Waals surface area contributed by atoms with Gasteiger partial charge >= 0.3 is 5.97 Å². The molecular formula is C13H13NO4. The topological polar surface area (TPSA) is 68.7 Å².